The summed E-state index contributed by atoms with van der Waals surface area (Å²) < 4.78 is 5.00. The van der Waals surface area contributed by atoms with Crippen molar-refractivity contribution in [2.45, 2.75) is 6.42 Å². The van der Waals surface area contributed by atoms with Crippen LogP contribution in [0.25, 0.3) is 11.3 Å². The van der Waals surface area contributed by atoms with E-state index in [-0.39, 0.29) is 11.8 Å². The lowest BCUT2D eigenvalue weighted by Gasteiger charge is -2.06. The molecule has 7 heteroatoms. The van der Waals surface area contributed by atoms with Crippen LogP contribution in [-0.2, 0) is 6.42 Å². The lowest BCUT2D eigenvalue weighted by atomic mass is 10.1. The van der Waals surface area contributed by atoms with Crippen molar-refractivity contribution < 1.29 is 14.0 Å². The summed E-state index contributed by atoms with van der Waals surface area (Å²) >= 11 is 0. The fourth-order valence-electron chi connectivity index (χ4n) is 2.42. The van der Waals surface area contributed by atoms with Gasteiger partial charge in [0.25, 0.3) is 11.8 Å². The molecule has 3 aromatic rings. The third-order valence-corrected chi connectivity index (χ3v) is 3.75. The van der Waals surface area contributed by atoms with Gasteiger partial charge in [0.05, 0.1) is 18.2 Å². The molecule has 0 bridgehead atoms. The molecule has 0 saturated heterocycles. The molecule has 0 aliphatic heterocycles. The summed E-state index contributed by atoms with van der Waals surface area (Å²) in [7, 11) is 1.59. The van der Waals surface area contributed by atoms with Crippen LogP contribution in [0.2, 0.25) is 0 Å². The Bertz CT molecular complexity index is 868. The minimum atomic E-state index is -0.232. The molecule has 2 amide bonds. The quantitative estimate of drug-likeness (QED) is 0.640. The lowest BCUT2D eigenvalue weighted by molar-refractivity contribution is 0.0944. The molecule has 1 aromatic carbocycles. The van der Waals surface area contributed by atoms with Gasteiger partial charge in [0.1, 0.15) is 5.69 Å². The van der Waals surface area contributed by atoms with Crippen molar-refractivity contribution in [3.8, 4) is 11.3 Å². The van der Waals surface area contributed by atoms with Gasteiger partial charge in [0.2, 0.25) is 0 Å². The van der Waals surface area contributed by atoms with Crippen molar-refractivity contribution >= 4 is 11.8 Å². The number of H-pyrrole nitrogens is 1. The van der Waals surface area contributed by atoms with Gasteiger partial charge in [-0.3, -0.25) is 14.7 Å². The van der Waals surface area contributed by atoms with E-state index in [2.05, 4.69) is 20.8 Å². The predicted octanol–water partition coefficient (Wildman–Crippen LogP) is 2.00. The molecule has 0 atom stereocenters. The maximum Gasteiger partial charge on any atom is 0.269 e. The zero-order valence-corrected chi connectivity index (χ0v) is 13.7. The van der Waals surface area contributed by atoms with E-state index in [1.807, 2.05) is 18.2 Å². The summed E-state index contributed by atoms with van der Waals surface area (Å²) in [6.07, 6.45) is 3.74. The van der Waals surface area contributed by atoms with Crippen LogP contribution in [0, 0.1) is 0 Å². The van der Waals surface area contributed by atoms with Crippen molar-refractivity contribution in [2.24, 2.45) is 0 Å². The first-order chi connectivity index (χ1) is 12.2. The summed E-state index contributed by atoms with van der Waals surface area (Å²) in [6.45, 7) is 0.454. The van der Waals surface area contributed by atoms with Gasteiger partial charge in [-0.2, -0.15) is 5.10 Å². The van der Waals surface area contributed by atoms with Crippen LogP contribution in [0.1, 0.15) is 26.4 Å². The Kier molecular flexibility index (Phi) is 4.94. The number of furan rings is 1. The van der Waals surface area contributed by atoms with Gasteiger partial charge in [0, 0.05) is 24.7 Å². The molecular formula is C18H18N4O3. The Balaban J connectivity index is 1.55. The average Bonchev–Trinajstić information content (AvgIpc) is 3.32. The van der Waals surface area contributed by atoms with Crippen LogP contribution in [-0.4, -0.2) is 35.6 Å². The van der Waals surface area contributed by atoms with E-state index >= 15 is 0 Å². The molecule has 0 aliphatic rings. The van der Waals surface area contributed by atoms with Gasteiger partial charge >= 0.3 is 0 Å². The smallest absolute Gasteiger partial charge is 0.269 e. The molecule has 25 heavy (non-hydrogen) atoms. The molecule has 0 unspecified atom stereocenters. The number of aromatic nitrogens is 2. The van der Waals surface area contributed by atoms with Crippen LogP contribution < -0.4 is 10.6 Å². The number of hydrogen-bond acceptors (Lipinski definition) is 4. The first-order valence-corrected chi connectivity index (χ1v) is 7.84. The van der Waals surface area contributed by atoms with Crippen molar-refractivity contribution in [3.63, 3.8) is 0 Å². The zero-order chi connectivity index (χ0) is 17.6. The number of nitrogens with one attached hydrogen (secondary N) is 3. The average molecular weight is 338 g/mol. The largest absolute Gasteiger partial charge is 0.472 e. The normalized spacial score (nSPS) is 10.4. The molecule has 2 aromatic heterocycles. The molecule has 2 heterocycles. The molecule has 3 N–H and O–H groups in total. The van der Waals surface area contributed by atoms with Crippen molar-refractivity contribution in [3.05, 3.63) is 65.7 Å². The van der Waals surface area contributed by atoms with E-state index in [1.165, 1.54) is 0 Å². The summed E-state index contributed by atoms with van der Waals surface area (Å²) in [5.74, 6) is -0.361. The Labute approximate surface area is 144 Å². The van der Waals surface area contributed by atoms with Crippen LogP contribution >= 0.6 is 0 Å². The topological polar surface area (TPSA) is 100 Å². The van der Waals surface area contributed by atoms with E-state index in [9.17, 15) is 9.59 Å². The van der Waals surface area contributed by atoms with E-state index in [0.717, 1.165) is 11.1 Å². The summed E-state index contributed by atoms with van der Waals surface area (Å²) in [5, 5.41) is 12.2. The highest BCUT2D eigenvalue weighted by molar-refractivity contribution is 5.94. The molecule has 0 aliphatic carbocycles. The minimum absolute atomic E-state index is 0.130. The third kappa shape index (κ3) is 3.95. The van der Waals surface area contributed by atoms with Crippen molar-refractivity contribution in [1.29, 1.82) is 0 Å². The third-order valence-electron chi connectivity index (χ3n) is 3.75. The second-order valence-electron chi connectivity index (χ2n) is 5.46. The molecule has 0 fully saturated rings. The van der Waals surface area contributed by atoms with Gasteiger partial charge in [-0.1, -0.05) is 12.1 Å². The minimum Gasteiger partial charge on any atom is -0.472 e. The number of benzene rings is 1. The summed E-state index contributed by atoms with van der Waals surface area (Å²) in [4.78, 5) is 23.8. The van der Waals surface area contributed by atoms with Crippen LogP contribution in [0.15, 0.2) is 53.3 Å². The second-order valence-corrected chi connectivity index (χ2v) is 5.46. The van der Waals surface area contributed by atoms with Crippen LogP contribution in [0.5, 0.6) is 0 Å². The van der Waals surface area contributed by atoms with E-state index in [1.54, 1.807) is 37.8 Å². The van der Waals surface area contributed by atoms with Gasteiger partial charge in [0.15, 0.2) is 0 Å². The maximum atomic E-state index is 12.2. The molecule has 0 saturated carbocycles. The highest BCUT2D eigenvalue weighted by Gasteiger charge is 2.11. The number of amides is 2. The van der Waals surface area contributed by atoms with Crippen molar-refractivity contribution in [1.82, 2.24) is 20.8 Å². The summed E-state index contributed by atoms with van der Waals surface area (Å²) in [5.41, 5.74) is 3.42. The van der Waals surface area contributed by atoms with E-state index in [4.69, 9.17) is 4.42 Å². The molecule has 0 radical (unpaired) electrons. The highest BCUT2D eigenvalue weighted by Crippen LogP contribution is 2.17. The number of aromatic amines is 1. The molecular weight excluding hydrogens is 320 g/mol. The number of rotatable bonds is 6. The molecule has 0 spiro atoms. The van der Waals surface area contributed by atoms with E-state index < -0.39 is 0 Å². The molecule has 3 rings (SSSR count). The highest BCUT2D eigenvalue weighted by atomic mass is 16.3. The Hall–Kier alpha value is -3.35. The first-order valence-electron chi connectivity index (χ1n) is 7.84. The fraction of sp³-hybridized carbons (Fsp3) is 0.167. The van der Waals surface area contributed by atoms with Gasteiger partial charge < -0.3 is 15.1 Å². The predicted molar refractivity (Wildman–Crippen MR) is 92.2 cm³/mol. The Morgan fingerprint density at radius 1 is 1.20 bits per heavy atom. The lowest BCUT2D eigenvalue weighted by Crippen LogP contribution is -2.26. The van der Waals surface area contributed by atoms with Gasteiger partial charge in [-0.25, -0.2) is 0 Å². The van der Waals surface area contributed by atoms with Crippen LogP contribution in [0.4, 0.5) is 0 Å². The SMILES string of the molecule is CNC(=O)c1cccc(CCNC(=O)c2cc(-c3ccoc3)n[nH]2)c1. The van der Waals surface area contributed by atoms with Gasteiger partial charge in [-0.15, -0.1) is 0 Å². The second kappa shape index (κ2) is 7.48. The Morgan fingerprint density at radius 3 is 2.84 bits per heavy atom. The number of nitrogens with zero attached hydrogens (tertiary/aromatic N) is 1. The zero-order valence-electron chi connectivity index (χ0n) is 13.7. The molecule has 128 valence electrons. The number of hydrogen-bond donors (Lipinski definition) is 3. The molecule has 7 nitrogen and oxygen atoms in total. The monoisotopic (exact) mass is 338 g/mol. The standard InChI is InChI=1S/C18H18N4O3/c1-19-17(23)13-4-2-3-12(9-13)5-7-20-18(24)16-10-15(21-22-16)14-6-8-25-11-14/h2-4,6,8-11H,5,7H2,1H3,(H,19,23)(H,20,24)(H,21,22). The number of carbonyl (C=O) groups is 2. The Morgan fingerprint density at radius 2 is 2.08 bits per heavy atom. The maximum absolute atomic E-state index is 12.2. The summed E-state index contributed by atoms with van der Waals surface area (Å²) in [6, 6.07) is 10.8. The van der Waals surface area contributed by atoms with Crippen LogP contribution in [0.3, 0.4) is 0 Å². The first kappa shape index (κ1) is 16.5. The fourth-order valence-corrected chi connectivity index (χ4v) is 2.42. The van der Waals surface area contributed by atoms with E-state index in [0.29, 0.717) is 29.9 Å². The number of carbonyl (C=O) groups excluding carboxylic acids is 2. The van der Waals surface area contributed by atoms with Crippen molar-refractivity contribution in [2.75, 3.05) is 13.6 Å². The van der Waals surface area contributed by atoms with Gasteiger partial charge in [-0.05, 0) is 36.2 Å².